The van der Waals surface area contributed by atoms with E-state index in [1.165, 1.54) is 38.9 Å². The van der Waals surface area contributed by atoms with E-state index < -0.39 is 0 Å². The summed E-state index contributed by atoms with van der Waals surface area (Å²) in [5.41, 5.74) is 10.8. The van der Waals surface area contributed by atoms with Gasteiger partial charge in [-0.25, -0.2) is 15.0 Å². The molecule has 2 aliphatic rings. The molecule has 4 heteroatoms. The summed E-state index contributed by atoms with van der Waals surface area (Å²) in [5.74, 6) is 2.51. The molecule has 0 bridgehead atoms. The Labute approximate surface area is 318 Å². The second-order valence-corrected chi connectivity index (χ2v) is 14.6. The average molecular weight is 706 g/mol. The molecule has 2 heterocycles. The molecule has 0 amide bonds. The monoisotopic (exact) mass is 705 g/mol. The van der Waals surface area contributed by atoms with Gasteiger partial charge in [0.15, 0.2) is 17.5 Å². The van der Waals surface area contributed by atoms with Gasteiger partial charge >= 0.3 is 0 Å². The molecule has 0 saturated carbocycles. The van der Waals surface area contributed by atoms with Gasteiger partial charge in [-0.1, -0.05) is 152 Å². The number of nitrogens with zero attached hydrogens (tertiary/aromatic N) is 3. The van der Waals surface area contributed by atoms with Crippen molar-refractivity contribution in [3.05, 3.63) is 174 Å². The first-order valence-electron chi connectivity index (χ1n) is 19.1. The maximum absolute atomic E-state index is 6.39. The van der Waals surface area contributed by atoms with Gasteiger partial charge in [0.1, 0.15) is 11.0 Å². The van der Waals surface area contributed by atoms with Crippen LogP contribution in [0, 0.1) is 5.92 Å². The van der Waals surface area contributed by atoms with E-state index in [4.69, 9.17) is 19.4 Å². The smallest absolute Gasteiger partial charge is 0.165 e. The van der Waals surface area contributed by atoms with Gasteiger partial charge in [-0.2, -0.15) is 0 Å². The molecule has 9 aromatic rings. The van der Waals surface area contributed by atoms with E-state index in [2.05, 4.69) is 133 Å². The lowest BCUT2D eigenvalue weighted by atomic mass is 9.83. The van der Waals surface area contributed by atoms with E-state index in [9.17, 15) is 0 Å². The lowest BCUT2D eigenvalue weighted by Crippen LogP contribution is -2.30. The van der Waals surface area contributed by atoms with Crippen molar-refractivity contribution < 1.29 is 4.42 Å². The molecule has 7 aromatic carbocycles. The Balaban J connectivity index is 1.13. The molecule has 2 aliphatic carbocycles. The number of fused-ring (bicyclic) bond motifs is 7. The van der Waals surface area contributed by atoms with Crippen LogP contribution in [0.3, 0.4) is 0 Å². The first kappa shape index (κ1) is 31.6. The summed E-state index contributed by atoms with van der Waals surface area (Å²) in [4.78, 5) is 15.5. The zero-order chi connectivity index (χ0) is 36.3. The minimum atomic E-state index is 0.573. The van der Waals surface area contributed by atoms with E-state index in [-0.39, 0.29) is 0 Å². The summed E-state index contributed by atoms with van der Waals surface area (Å²) in [6.45, 7) is 0. The fourth-order valence-electron chi connectivity index (χ4n) is 8.74. The van der Waals surface area contributed by atoms with Gasteiger partial charge in [0, 0.05) is 32.9 Å². The SMILES string of the molecule is C1=CC2=c3c(oc4ccc(-c5ccc(-c6c(-c7nc(-c8ccccc8)nc(-c8ccccc8)n7)c7ccccc7c7ccccc67)cc5)cc34)=CCC2CC1. The zero-order valence-electron chi connectivity index (χ0n) is 30.1. The van der Waals surface area contributed by atoms with Crippen molar-refractivity contribution in [2.45, 2.75) is 19.3 Å². The van der Waals surface area contributed by atoms with Crippen LogP contribution in [0.4, 0.5) is 0 Å². The van der Waals surface area contributed by atoms with Gasteiger partial charge in [-0.15, -0.1) is 0 Å². The van der Waals surface area contributed by atoms with E-state index in [1.807, 2.05) is 36.4 Å². The molecular weight excluding hydrogens is 671 g/mol. The first-order chi connectivity index (χ1) is 27.3. The molecule has 2 aromatic heterocycles. The lowest BCUT2D eigenvalue weighted by molar-refractivity contribution is 0.554. The van der Waals surface area contributed by atoms with Crippen molar-refractivity contribution in [3.63, 3.8) is 0 Å². The minimum Gasteiger partial charge on any atom is -0.456 e. The summed E-state index contributed by atoms with van der Waals surface area (Å²) < 4.78 is 6.39. The molecule has 4 nitrogen and oxygen atoms in total. The van der Waals surface area contributed by atoms with Crippen molar-refractivity contribution in [1.82, 2.24) is 15.0 Å². The van der Waals surface area contributed by atoms with Crippen molar-refractivity contribution in [3.8, 4) is 56.4 Å². The maximum Gasteiger partial charge on any atom is 0.165 e. The van der Waals surface area contributed by atoms with E-state index in [0.29, 0.717) is 23.4 Å². The Bertz CT molecular complexity index is 3050. The van der Waals surface area contributed by atoms with Crippen LogP contribution in [0.2, 0.25) is 0 Å². The second kappa shape index (κ2) is 12.9. The summed E-state index contributed by atoms with van der Waals surface area (Å²) in [6, 6.07) is 53.3. The maximum atomic E-state index is 6.39. The highest BCUT2D eigenvalue weighted by Gasteiger charge is 2.23. The van der Waals surface area contributed by atoms with Gasteiger partial charge in [-0.3, -0.25) is 0 Å². The van der Waals surface area contributed by atoms with Crippen LogP contribution in [-0.4, -0.2) is 15.0 Å². The minimum absolute atomic E-state index is 0.573. The van der Waals surface area contributed by atoms with Crippen LogP contribution in [0.5, 0.6) is 0 Å². The number of aromatic nitrogens is 3. The Morgan fingerprint density at radius 3 is 1.71 bits per heavy atom. The average Bonchev–Trinajstić information content (AvgIpc) is 3.65. The normalized spacial score (nSPS) is 14.9. The third-order valence-corrected chi connectivity index (χ3v) is 11.4. The molecule has 1 unspecified atom stereocenters. The van der Waals surface area contributed by atoms with Gasteiger partial charge < -0.3 is 4.42 Å². The number of hydrogen-bond acceptors (Lipinski definition) is 4. The van der Waals surface area contributed by atoms with Crippen LogP contribution in [-0.2, 0) is 0 Å². The Morgan fingerprint density at radius 2 is 1.04 bits per heavy atom. The number of rotatable bonds is 5. The predicted molar refractivity (Wildman–Crippen MR) is 225 cm³/mol. The highest BCUT2D eigenvalue weighted by atomic mass is 16.3. The van der Waals surface area contributed by atoms with Crippen LogP contribution < -0.4 is 10.6 Å². The largest absolute Gasteiger partial charge is 0.456 e. The molecule has 0 radical (unpaired) electrons. The van der Waals surface area contributed by atoms with Gasteiger partial charge in [0.25, 0.3) is 0 Å². The summed E-state index contributed by atoms with van der Waals surface area (Å²) in [7, 11) is 0. The molecule has 11 rings (SSSR count). The van der Waals surface area contributed by atoms with Gasteiger partial charge in [0.05, 0.1) is 0 Å². The zero-order valence-corrected chi connectivity index (χ0v) is 30.1. The van der Waals surface area contributed by atoms with Gasteiger partial charge in [-0.05, 0) is 87.2 Å². The summed E-state index contributed by atoms with van der Waals surface area (Å²) >= 11 is 0. The molecule has 0 fully saturated rings. The van der Waals surface area contributed by atoms with Crippen LogP contribution >= 0.6 is 0 Å². The molecule has 55 heavy (non-hydrogen) atoms. The van der Waals surface area contributed by atoms with Crippen molar-refractivity contribution in [1.29, 1.82) is 0 Å². The Kier molecular flexibility index (Phi) is 7.41. The quantitative estimate of drug-likeness (QED) is 0.167. The first-order valence-corrected chi connectivity index (χ1v) is 19.1. The standard InChI is InChI=1S/C51H35N3O/c1-3-14-35(15-4-1)49-52-50(36-16-5-2-6-17-36)54-51(53-49)48-42-22-12-10-20-40(42)39-19-9-11-21-41(39)46(48)34-25-23-32(24-26-34)37-28-29-44-43(31-37)47-38-18-8-7-13-33(38)27-30-45(47)55-44/h1-6,8-12,14-26,28-31,33H,7,13,27H2. The fraction of sp³-hybridized carbons (Fsp3) is 0.0784. The lowest BCUT2D eigenvalue weighted by Gasteiger charge is -2.21. The van der Waals surface area contributed by atoms with Crippen LogP contribution in [0.25, 0.3) is 101 Å². The molecule has 0 spiro atoms. The van der Waals surface area contributed by atoms with E-state index in [1.54, 1.807) is 0 Å². The number of benzene rings is 7. The van der Waals surface area contributed by atoms with Crippen molar-refractivity contribution in [2.75, 3.05) is 0 Å². The molecule has 0 N–H and O–H groups in total. The third kappa shape index (κ3) is 5.32. The highest BCUT2D eigenvalue weighted by Crippen LogP contribution is 2.44. The van der Waals surface area contributed by atoms with Crippen molar-refractivity contribution >= 4 is 44.2 Å². The summed E-state index contributed by atoms with van der Waals surface area (Å²) in [5, 5.41) is 7.08. The van der Waals surface area contributed by atoms with Gasteiger partial charge in [0.2, 0.25) is 0 Å². The number of hydrogen-bond donors (Lipinski definition) is 0. The topological polar surface area (TPSA) is 51.8 Å². The van der Waals surface area contributed by atoms with E-state index in [0.717, 1.165) is 68.0 Å². The molecule has 1 atom stereocenters. The number of allylic oxidation sites excluding steroid dienone is 2. The molecule has 260 valence electrons. The number of furan rings is 1. The second-order valence-electron chi connectivity index (χ2n) is 14.6. The van der Waals surface area contributed by atoms with Crippen LogP contribution in [0.15, 0.2) is 168 Å². The summed E-state index contributed by atoms with van der Waals surface area (Å²) in [6.07, 6.45) is 10.3. The molecule has 0 aliphatic heterocycles. The Hall–Kier alpha value is -6.91. The predicted octanol–water partition coefficient (Wildman–Crippen LogP) is 11.6. The highest BCUT2D eigenvalue weighted by molar-refractivity contribution is 6.21. The fourth-order valence-corrected chi connectivity index (χ4v) is 8.74. The Morgan fingerprint density at radius 1 is 0.473 bits per heavy atom. The molecular formula is C51H35N3O. The van der Waals surface area contributed by atoms with E-state index >= 15 is 0 Å². The van der Waals surface area contributed by atoms with Crippen LogP contribution in [0.1, 0.15) is 19.3 Å². The molecule has 0 saturated heterocycles. The third-order valence-electron chi connectivity index (χ3n) is 11.4. The van der Waals surface area contributed by atoms with Crippen molar-refractivity contribution in [2.24, 2.45) is 5.92 Å².